The molecule has 1 fully saturated rings. The zero-order valence-electron chi connectivity index (χ0n) is 12.8. The van der Waals surface area contributed by atoms with Crippen molar-refractivity contribution in [3.05, 3.63) is 29.8 Å². The Hall–Kier alpha value is -1.06. The molecule has 0 aliphatic heterocycles. The van der Waals surface area contributed by atoms with Gasteiger partial charge in [0, 0.05) is 31.4 Å². The third-order valence-electron chi connectivity index (χ3n) is 3.81. The Kier molecular flexibility index (Phi) is 5.86. The molecular weight excluding hydrogens is 248 g/mol. The van der Waals surface area contributed by atoms with Gasteiger partial charge >= 0.3 is 0 Å². The summed E-state index contributed by atoms with van der Waals surface area (Å²) >= 11 is 0. The van der Waals surface area contributed by atoms with Gasteiger partial charge in [0.1, 0.15) is 0 Å². The zero-order valence-corrected chi connectivity index (χ0v) is 12.8. The second-order valence-electron chi connectivity index (χ2n) is 6.09. The van der Waals surface area contributed by atoms with E-state index < -0.39 is 0 Å². The van der Waals surface area contributed by atoms with E-state index in [0.29, 0.717) is 12.6 Å². The fourth-order valence-electron chi connectivity index (χ4n) is 2.32. The SMILES string of the molecule is CC(C)CCOCCN(c1ccc(CN)cc1)C1CC1. The van der Waals surface area contributed by atoms with Crippen LogP contribution in [0.1, 0.15) is 38.7 Å². The van der Waals surface area contributed by atoms with Crippen LogP contribution >= 0.6 is 0 Å². The second-order valence-corrected chi connectivity index (χ2v) is 6.09. The first-order valence-corrected chi connectivity index (χ1v) is 7.84. The molecule has 20 heavy (non-hydrogen) atoms. The van der Waals surface area contributed by atoms with Crippen LogP contribution in [0.25, 0.3) is 0 Å². The van der Waals surface area contributed by atoms with Crippen molar-refractivity contribution in [1.29, 1.82) is 0 Å². The smallest absolute Gasteiger partial charge is 0.0641 e. The van der Waals surface area contributed by atoms with Crippen molar-refractivity contribution >= 4 is 5.69 Å². The van der Waals surface area contributed by atoms with Gasteiger partial charge in [-0.15, -0.1) is 0 Å². The van der Waals surface area contributed by atoms with Crippen molar-refractivity contribution in [2.75, 3.05) is 24.7 Å². The first-order chi connectivity index (χ1) is 9.70. The van der Waals surface area contributed by atoms with E-state index in [1.807, 2.05) is 0 Å². The average molecular weight is 276 g/mol. The molecule has 0 radical (unpaired) electrons. The van der Waals surface area contributed by atoms with Gasteiger partial charge in [-0.05, 0) is 42.9 Å². The van der Waals surface area contributed by atoms with Gasteiger partial charge in [0.2, 0.25) is 0 Å². The molecule has 1 aromatic carbocycles. The van der Waals surface area contributed by atoms with Crippen molar-refractivity contribution in [2.24, 2.45) is 11.7 Å². The fraction of sp³-hybridized carbons (Fsp3) is 0.647. The minimum atomic E-state index is 0.613. The molecule has 0 bridgehead atoms. The Morgan fingerprint density at radius 1 is 1.20 bits per heavy atom. The molecule has 0 heterocycles. The lowest BCUT2D eigenvalue weighted by Gasteiger charge is -2.25. The first kappa shape index (κ1) is 15.3. The summed E-state index contributed by atoms with van der Waals surface area (Å²) in [4.78, 5) is 2.48. The van der Waals surface area contributed by atoms with Gasteiger partial charge in [-0.25, -0.2) is 0 Å². The van der Waals surface area contributed by atoms with Gasteiger partial charge < -0.3 is 15.4 Å². The van der Waals surface area contributed by atoms with Gasteiger partial charge in [0.25, 0.3) is 0 Å². The molecule has 2 rings (SSSR count). The number of nitrogens with two attached hydrogens (primary N) is 1. The van der Waals surface area contributed by atoms with Gasteiger partial charge in [-0.3, -0.25) is 0 Å². The standard InChI is InChI=1S/C17H28N2O/c1-14(2)9-11-20-12-10-19(17-7-8-17)16-5-3-15(13-18)4-6-16/h3-6,14,17H,7-13,18H2,1-2H3. The maximum absolute atomic E-state index is 5.76. The Balaban J connectivity index is 1.81. The lowest BCUT2D eigenvalue weighted by atomic mass is 10.1. The van der Waals surface area contributed by atoms with Crippen LogP contribution in [0.5, 0.6) is 0 Å². The van der Waals surface area contributed by atoms with Crippen molar-refractivity contribution in [2.45, 2.75) is 45.7 Å². The quantitative estimate of drug-likeness (QED) is 0.704. The lowest BCUT2D eigenvalue weighted by Crippen LogP contribution is -2.29. The normalized spacial score (nSPS) is 14.8. The zero-order chi connectivity index (χ0) is 14.4. The van der Waals surface area contributed by atoms with E-state index in [2.05, 4.69) is 43.0 Å². The molecule has 0 saturated heterocycles. The number of hydrogen-bond donors (Lipinski definition) is 1. The maximum atomic E-state index is 5.76. The third-order valence-corrected chi connectivity index (χ3v) is 3.81. The predicted molar refractivity (Wildman–Crippen MR) is 85.0 cm³/mol. The molecule has 112 valence electrons. The summed E-state index contributed by atoms with van der Waals surface area (Å²) in [5.74, 6) is 0.721. The average Bonchev–Trinajstić information content (AvgIpc) is 3.27. The summed E-state index contributed by atoms with van der Waals surface area (Å²) < 4.78 is 5.76. The van der Waals surface area contributed by atoms with E-state index in [4.69, 9.17) is 10.5 Å². The molecule has 1 aliphatic carbocycles. The van der Waals surface area contributed by atoms with E-state index in [9.17, 15) is 0 Å². The highest BCUT2D eigenvalue weighted by Gasteiger charge is 2.28. The van der Waals surface area contributed by atoms with E-state index in [1.54, 1.807) is 0 Å². The topological polar surface area (TPSA) is 38.5 Å². The molecule has 0 aromatic heterocycles. The molecule has 1 aromatic rings. The molecule has 3 heteroatoms. The van der Waals surface area contributed by atoms with E-state index in [0.717, 1.165) is 32.1 Å². The van der Waals surface area contributed by atoms with Crippen LogP contribution in [-0.4, -0.2) is 25.8 Å². The minimum absolute atomic E-state index is 0.613. The highest BCUT2D eigenvalue weighted by molar-refractivity contribution is 5.49. The predicted octanol–water partition coefficient (Wildman–Crippen LogP) is 3.18. The van der Waals surface area contributed by atoms with Crippen LogP contribution < -0.4 is 10.6 Å². The fourth-order valence-corrected chi connectivity index (χ4v) is 2.32. The van der Waals surface area contributed by atoms with Gasteiger partial charge in [-0.1, -0.05) is 26.0 Å². The molecule has 0 spiro atoms. The van der Waals surface area contributed by atoms with Crippen LogP contribution in [0.2, 0.25) is 0 Å². The van der Waals surface area contributed by atoms with Crippen molar-refractivity contribution in [1.82, 2.24) is 0 Å². The summed E-state index contributed by atoms with van der Waals surface area (Å²) in [5, 5.41) is 0. The number of rotatable bonds is 9. The molecule has 0 unspecified atom stereocenters. The summed E-state index contributed by atoms with van der Waals surface area (Å²) in [6.45, 7) is 7.77. The van der Waals surface area contributed by atoms with Crippen molar-refractivity contribution in [3.63, 3.8) is 0 Å². The summed E-state index contributed by atoms with van der Waals surface area (Å²) in [6, 6.07) is 9.35. The maximum Gasteiger partial charge on any atom is 0.0641 e. The Labute approximate surface area is 123 Å². The van der Waals surface area contributed by atoms with Crippen LogP contribution in [0.3, 0.4) is 0 Å². The highest BCUT2D eigenvalue weighted by atomic mass is 16.5. The molecule has 1 saturated carbocycles. The molecule has 0 atom stereocenters. The van der Waals surface area contributed by atoms with E-state index in [1.165, 1.54) is 24.1 Å². The van der Waals surface area contributed by atoms with E-state index >= 15 is 0 Å². The van der Waals surface area contributed by atoms with Gasteiger partial charge in [0.05, 0.1) is 6.61 Å². The molecule has 2 N–H and O–H groups in total. The molecule has 1 aliphatic rings. The number of anilines is 1. The van der Waals surface area contributed by atoms with E-state index in [-0.39, 0.29) is 0 Å². The Morgan fingerprint density at radius 3 is 2.45 bits per heavy atom. The van der Waals surface area contributed by atoms with Gasteiger partial charge in [-0.2, -0.15) is 0 Å². The minimum Gasteiger partial charge on any atom is -0.380 e. The third kappa shape index (κ3) is 4.80. The van der Waals surface area contributed by atoms with Crippen LogP contribution in [0.4, 0.5) is 5.69 Å². The molecule has 0 amide bonds. The van der Waals surface area contributed by atoms with Crippen LogP contribution in [0.15, 0.2) is 24.3 Å². The number of hydrogen-bond acceptors (Lipinski definition) is 3. The van der Waals surface area contributed by atoms with Gasteiger partial charge in [0.15, 0.2) is 0 Å². The largest absolute Gasteiger partial charge is 0.380 e. The molecule has 3 nitrogen and oxygen atoms in total. The first-order valence-electron chi connectivity index (χ1n) is 7.84. The monoisotopic (exact) mass is 276 g/mol. The Bertz CT molecular complexity index is 384. The van der Waals surface area contributed by atoms with Crippen molar-refractivity contribution in [3.8, 4) is 0 Å². The number of benzene rings is 1. The summed E-state index contributed by atoms with van der Waals surface area (Å²) in [6.07, 6.45) is 3.77. The lowest BCUT2D eigenvalue weighted by molar-refractivity contribution is 0.129. The van der Waals surface area contributed by atoms with Crippen LogP contribution in [0, 0.1) is 5.92 Å². The number of nitrogens with zero attached hydrogens (tertiary/aromatic N) is 1. The van der Waals surface area contributed by atoms with Crippen molar-refractivity contribution < 1.29 is 4.74 Å². The highest BCUT2D eigenvalue weighted by Crippen LogP contribution is 2.31. The summed E-state index contributed by atoms with van der Waals surface area (Å²) in [7, 11) is 0. The van der Waals surface area contributed by atoms with Crippen LogP contribution in [-0.2, 0) is 11.3 Å². The molecular formula is C17H28N2O. The second kappa shape index (κ2) is 7.65. The summed E-state index contributed by atoms with van der Waals surface area (Å²) in [5.41, 5.74) is 8.15. The Morgan fingerprint density at radius 2 is 1.90 bits per heavy atom. The number of ether oxygens (including phenoxy) is 1.